The quantitative estimate of drug-likeness (QED) is 0.0653. The van der Waals surface area contributed by atoms with Gasteiger partial charge in [0.15, 0.2) is 5.96 Å². The third-order valence-electron chi connectivity index (χ3n) is 4.99. The van der Waals surface area contributed by atoms with Crippen molar-refractivity contribution in [1.29, 1.82) is 0 Å². The van der Waals surface area contributed by atoms with E-state index in [1.165, 1.54) is 25.0 Å². The van der Waals surface area contributed by atoms with Gasteiger partial charge in [0.1, 0.15) is 18.1 Å². The highest BCUT2D eigenvalue weighted by atomic mass is 16.4. The largest absolute Gasteiger partial charge is 0.480 e. The van der Waals surface area contributed by atoms with Crippen LogP contribution in [0.25, 0.3) is 0 Å². The lowest BCUT2D eigenvalue weighted by molar-refractivity contribution is -0.142. The highest BCUT2D eigenvalue weighted by Crippen LogP contribution is 2.05. The van der Waals surface area contributed by atoms with Gasteiger partial charge in [0.2, 0.25) is 17.7 Å². The average molecular weight is 506 g/mol. The molecule has 12 N–H and O–H groups in total. The molecule has 16 heteroatoms. The molecule has 0 aliphatic carbocycles. The lowest BCUT2D eigenvalue weighted by Crippen LogP contribution is -2.57. The molecule has 2 rings (SSSR count). The molecule has 3 amide bonds. The highest BCUT2D eigenvalue weighted by molar-refractivity contribution is 5.93. The van der Waals surface area contributed by atoms with Crippen molar-refractivity contribution >= 4 is 29.7 Å². The van der Waals surface area contributed by atoms with Crippen molar-refractivity contribution in [3.8, 4) is 0 Å². The van der Waals surface area contributed by atoms with Crippen LogP contribution in [0.3, 0.4) is 0 Å². The Labute approximate surface area is 205 Å². The fourth-order valence-corrected chi connectivity index (χ4v) is 3.21. The molecule has 0 radical (unpaired) electrons. The van der Waals surface area contributed by atoms with E-state index in [1.54, 1.807) is 0 Å². The number of carbonyl (C=O) groups excluding carboxylic acids is 3. The predicted octanol–water partition coefficient (Wildman–Crippen LogP) is -3.53. The maximum atomic E-state index is 13.1. The van der Waals surface area contributed by atoms with Crippen LogP contribution < -0.4 is 33.2 Å². The topological polar surface area (TPSA) is 272 Å². The van der Waals surface area contributed by atoms with Crippen molar-refractivity contribution in [2.45, 2.75) is 43.8 Å². The van der Waals surface area contributed by atoms with Gasteiger partial charge in [-0.1, -0.05) is 0 Å². The summed E-state index contributed by atoms with van der Waals surface area (Å²) < 4.78 is 0. The highest BCUT2D eigenvalue weighted by Gasteiger charge is 2.30. The number of aliphatic imine (C=N–C) groups is 1. The Morgan fingerprint density at radius 3 is 1.97 bits per heavy atom. The Kier molecular flexibility index (Phi) is 10.8. The standard InChI is InChI=1S/C20H31N11O5/c21-6-16(32)29-14(4-11-7-24-9-27-11)18(34)30-13(2-1-3-26-20(22)23)17(33)31-15(19(35)36)5-12-8-25-10-28-12/h7-10,13-15H,1-6,21H2,(H,24,27)(H,25,28)(H,29,32)(H,30,34)(H,31,33)(H,35,36)(H4,22,23,26)/t13-,14-,15-/m0/s1. The minimum absolute atomic E-state index is 0.0508. The van der Waals surface area contributed by atoms with Gasteiger partial charge in [-0.3, -0.25) is 19.4 Å². The summed E-state index contributed by atoms with van der Waals surface area (Å²) in [6.45, 7) is -0.164. The van der Waals surface area contributed by atoms with E-state index in [2.05, 4.69) is 40.9 Å². The number of amides is 3. The molecule has 0 aliphatic heterocycles. The number of nitrogens with two attached hydrogens (primary N) is 3. The Morgan fingerprint density at radius 2 is 1.47 bits per heavy atom. The second-order valence-electron chi connectivity index (χ2n) is 7.80. The molecule has 0 spiro atoms. The number of carboxylic acids is 1. The summed E-state index contributed by atoms with van der Waals surface area (Å²) >= 11 is 0. The van der Waals surface area contributed by atoms with Crippen LogP contribution in [0, 0.1) is 0 Å². The maximum Gasteiger partial charge on any atom is 0.326 e. The van der Waals surface area contributed by atoms with Gasteiger partial charge in [-0.25, -0.2) is 14.8 Å². The van der Waals surface area contributed by atoms with Crippen molar-refractivity contribution in [3.05, 3.63) is 36.4 Å². The van der Waals surface area contributed by atoms with Gasteiger partial charge >= 0.3 is 5.97 Å². The van der Waals surface area contributed by atoms with Crippen molar-refractivity contribution in [2.75, 3.05) is 13.1 Å². The number of nitrogens with zero attached hydrogens (tertiary/aromatic N) is 3. The second kappa shape index (κ2) is 14.1. The maximum absolute atomic E-state index is 13.1. The van der Waals surface area contributed by atoms with Crippen LogP contribution in [-0.4, -0.2) is 85.9 Å². The van der Waals surface area contributed by atoms with Crippen LogP contribution in [0.15, 0.2) is 30.0 Å². The Bertz CT molecular complexity index is 1020. The fourth-order valence-electron chi connectivity index (χ4n) is 3.21. The van der Waals surface area contributed by atoms with Crippen molar-refractivity contribution < 1.29 is 24.3 Å². The van der Waals surface area contributed by atoms with E-state index in [0.717, 1.165) is 0 Å². The smallest absolute Gasteiger partial charge is 0.326 e. The van der Waals surface area contributed by atoms with Crippen LogP contribution in [0.5, 0.6) is 0 Å². The number of guanidine groups is 1. The van der Waals surface area contributed by atoms with Crippen molar-refractivity contribution in [3.63, 3.8) is 0 Å². The number of carboxylic acid groups (broad SMARTS) is 1. The minimum Gasteiger partial charge on any atom is -0.480 e. The number of carbonyl (C=O) groups is 4. The number of rotatable bonds is 15. The monoisotopic (exact) mass is 505 g/mol. The van der Waals surface area contributed by atoms with Gasteiger partial charge in [0.25, 0.3) is 0 Å². The van der Waals surface area contributed by atoms with Gasteiger partial charge in [0, 0.05) is 43.2 Å². The number of aliphatic carboxylic acids is 1. The summed E-state index contributed by atoms with van der Waals surface area (Å²) in [5.74, 6) is -3.38. The molecule has 36 heavy (non-hydrogen) atoms. The van der Waals surface area contributed by atoms with Gasteiger partial charge < -0.3 is 48.2 Å². The Hall–Kier alpha value is -4.47. The first kappa shape index (κ1) is 27.8. The number of nitrogens with one attached hydrogen (secondary N) is 5. The molecule has 3 atom stereocenters. The first-order valence-electron chi connectivity index (χ1n) is 11.0. The number of aromatic amines is 2. The van der Waals surface area contributed by atoms with Crippen LogP contribution in [-0.2, 0) is 32.0 Å². The third kappa shape index (κ3) is 9.41. The van der Waals surface area contributed by atoms with E-state index in [9.17, 15) is 24.3 Å². The van der Waals surface area contributed by atoms with Gasteiger partial charge in [0.05, 0.1) is 19.2 Å². The summed E-state index contributed by atoms with van der Waals surface area (Å²) in [7, 11) is 0. The summed E-state index contributed by atoms with van der Waals surface area (Å²) in [6, 6.07) is -3.50. The Balaban J connectivity index is 2.16. The molecule has 0 bridgehead atoms. The first-order chi connectivity index (χ1) is 17.2. The first-order valence-corrected chi connectivity index (χ1v) is 11.0. The zero-order chi connectivity index (χ0) is 26.5. The molecule has 0 fully saturated rings. The van der Waals surface area contributed by atoms with E-state index in [4.69, 9.17) is 17.2 Å². The van der Waals surface area contributed by atoms with Crippen LogP contribution in [0.1, 0.15) is 24.2 Å². The summed E-state index contributed by atoms with van der Waals surface area (Å²) in [4.78, 5) is 66.9. The van der Waals surface area contributed by atoms with E-state index >= 15 is 0 Å². The number of H-pyrrole nitrogens is 2. The lowest BCUT2D eigenvalue weighted by Gasteiger charge is -2.24. The van der Waals surface area contributed by atoms with Gasteiger partial charge in [-0.2, -0.15) is 0 Å². The lowest BCUT2D eigenvalue weighted by atomic mass is 10.1. The summed E-state index contributed by atoms with van der Waals surface area (Å²) in [5, 5.41) is 17.1. The third-order valence-corrected chi connectivity index (χ3v) is 4.99. The molecule has 2 aromatic rings. The van der Waals surface area contributed by atoms with Crippen LogP contribution in [0.2, 0.25) is 0 Å². The zero-order valence-electron chi connectivity index (χ0n) is 19.4. The normalized spacial score (nSPS) is 13.1. The summed E-state index contributed by atoms with van der Waals surface area (Å²) in [5.41, 5.74) is 17.1. The van der Waals surface area contributed by atoms with E-state index in [0.29, 0.717) is 17.8 Å². The molecule has 0 aromatic carbocycles. The van der Waals surface area contributed by atoms with E-state index in [-0.39, 0.29) is 38.3 Å². The number of imidazole rings is 2. The fraction of sp³-hybridized carbons (Fsp3) is 0.450. The molecule has 2 aromatic heterocycles. The summed E-state index contributed by atoms with van der Waals surface area (Å²) in [6.07, 6.45) is 6.13. The molecule has 2 heterocycles. The molecule has 16 nitrogen and oxygen atoms in total. The van der Waals surface area contributed by atoms with Crippen molar-refractivity contribution in [2.24, 2.45) is 22.2 Å². The van der Waals surface area contributed by atoms with Gasteiger partial charge in [-0.05, 0) is 12.8 Å². The minimum atomic E-state index is -1.28. The number of hydrogen-bond acceptors (Lipinski definition) is 8. The Morgan fingerprint density at radius 1 is 0.917 bits per heavy atom. The SMILES string of the molecule is NCC(=O)N[C@@H](Cc1cnc[nH]1)C(=O)N[C@@H](CCCN=C(N)N)C(=O)N[C@@H](Cc1cnc[nH]1)C(=O)O. The molecular weight excluding hydrogens is 474 g/mol. The molecule has 0 saturated heterocycles. The molecule has 0 saturated carbocycles. The average Bonchev–Trinajstić information content (AvgIpc) is 3.54. The predicted molar refractivity (Wildman–Crippen MR) is 127 cm³/mol. The molecule has 0 aliphatic rings. The zero-order valence-corrected chi connectivity index (χ0v) is 19.4. The molecule has 196 valence electrons. The van der Waals surface area contributed by atoms with Crippen molar-refractivity contribution in [1.82, 2.24) is 35.9 Å². The van der Waals surface area contributed by atoms with E-state index < -0.39 is 41.8 Å². The number of aromatic nitrogens is 4. The number of hydrogen-bond donors (Lipinski definition) is 9. The van der Waals surface area contributed by atoms with E-state index in [1.807, 2.05) is 0 Å². The van der Waals surface area contributed by atoms with Crippen LogP contribution >= 0.6 is 0 Å². The second-order valence-corrected chi connectivity index (χ2v) is 7.80. The molecular formula is C20H31N11O5. The molecule has 0 unspecified atom stereocenters. The van der Waals surface area contributed by atoms with Crippen LogP contribution in [0.4, 0.5) is 0 Å². The van der Waals surface area contributed by atoms with Gasteiger partial charge in [-0.15, -0.1) is 0 Å².